The number of nitrogens with zero attached hydrogens (tertiary/aromatic N) is 5. The van der Waals surface area contributed by atoms with Crippen LogP contribution in [-0.2, 0) is 56.2 Å². The molecule has 0 spiro atoms. The van der Waals surface area contributed by atoms with Crippen LogP contribution in [0.2, 0.25) is 0 Å². The second kappa shape index (κ2) is 39.5. The number of carboxylic acids is 6. The second-order valence-corrected chi connectivity index (χ2v) is 21.5. The van der Waals surface area contributed by atoms with Gasteiger partial charge in [-0.05, 0) is 109 Å². The molecule has 1 saturated heterocycles. The highest BCUT2D eigenvalue weighted by atomic mass is 127. The van der Waals surface area contributed by atoms with Gasteiger partial charge in [-0.3, -0.25) is 58.0 Å². The van der Waals surface area contributed by atoms with E-state index in [9.17, 15) is 78.3 Å². The number of aliphatic carboxylic acids is 6. The third kappa shape index (κ3) is 31.8. The van der Waals surface area contributed by atoms with E-state index >= 15 is 0 Å². The number of rotatable bonds is 37. The number of hydrogen-bond acceptors (Lipinski definition) is 15. The van der Waals surface area contributed by atoms with Crippen molar-refractivity contribution in [2.75, 3.05) is 98.2 Å². The first-order chi connectivity index (χ1) is 39.6. The Labute approximate surface area is 496 Å². The van der Waals surface area contributed by atoms with Crippen molar-refractivity contribution in [3.05, 3.63) is 68.8 Å². The zero-order valence-electron chi connectivity index (χ0n) is 46.8. The lowest BCUT2D eigenvalue weighted by Gasteiger charge is -2.32. The molecule has 0 saturated carbocycles. The van der Waals surface area contributed by atoms with Gasteiger partial charge in [-0.15, -0.1) is 0 Å². The van der Waals surface area contributed by atoms with Gasteiger partial charge in [0.2, 0.25) is 17.7 Å². The number of nitrogens with one attached hydrogen (secondary N) is 5. The average molecular weight is 1280 g/mol. The van der Waals surface area contributed by atoms with Gasteiger partial charge in [0.25, 0.3) is 5.91 Å². The number of benzene rings is 2. The van der Waals surface area contributed by atoms with Crippen LogP contribution in [0.3, 0.4) is 0 Å². The summed E-state index contributed by atoms with van der Waals surface area (Å²) in [5, 5.41) is 69.2. The van der Waals surface area contributed by atoms with Gasteiger partial charge in [0.15, 0.2) is 0 Å². The molecule has 83 heavy (non-hydrogen) atoms. The Hall–Kier alpha value is -7.02. The van der Waals surface area contributed by atoms with E-state index in [0.717, 1.165) is 27.5 Å². The Bertz CT molecular complexity index is 2410. The Morgan fingerprint density at radius 3 is 1.39 bits per heavy atom. The van der Waals surface area contributed by atoms with Gasteiger partial charge in [0.1, 0.15) is 12.1 Å². The summed E-state index contributed by atoms with van der Waals surface area (Å²) in [4.78, 5) is 142. The van der Waals surface area contributed by atoms with Crippen LogP contribution >= 0.6 is 22.6 Å². The maximum absolute atomic E-state index is 13.9. The molecule has 0 bridgehead atoms. The molecule has 1 aliphatic rings. The minimum atomic E-state index is -1.54. The van der Waals surface area contributed by atoms with Gasteiger partial charge in [0, 0.05) is 113 Å². The van der Waals surface area contributed by atoms with Gasteiger partial charge in [-0.1, -0.05) is 37.1 Å². The van der Waals surface area contributed by atoms with Crippen molar-refractivity contribution in [3.63, 3.8) is 0 Å². The molecule has 0 aliphatic carbocycles. The summed E-state index contributed by atoms with van der Waals surface area (Å²) in [5.41, 5.74) is 2.02. The standard InChI is InChI=1S/C55H81IN10O17/c56-42-18-14-40(15-19-42)34-66(24-8-5-9-43(53(79)80)60-55(83)61-44(54(81)82)20-21-48(70)71)52(78)41-16-12-39(13-17-41)33-59-46(68)11-4-7-23-57-45(67)10-3-1-2-6-22-58-47(69)35-62-25-27-63(36-49(72)73)29-31-65(38-51(76)77)32-30-64(28-26-62)37-50(74)75/h12-19,43-44H,1-11,20-38H2,(H,57,67)(H,58,69)(H,59,68)(H,70,71)(H,72,73)(H,74,75)(H,76,77)(H,79,80)(H,81,82)(H2,60,61,83)/t43-,44-/m1/s1. The molecule has 3 rings (SSSR count). The van der Waals surface area contributed by atoms with E-state index < -0.39 is 66.8 Å². The highest BCUT2D eigenvalue weighted by Gasteiger charge is 2.26. The highest BCUT2D eigenvalue weighted by molar-refractivity contribution is 14.1. The van der Waals surface area contributed by atoms with Crippen LogP contribution in [0.25, 0.3) is 0 Å². The van der Waals surface area contributed by atoms with Gasteiger partial charge in [-0.2, -0.15) is 0 Å². The van der Waals surface area contributed by atoms with Crippen molar-refractivity contribution >= 4 is 88.1 Å². The summed E-state index contributed by atoms with van der Waals surface area (Å²) in [6, 6.07) is 10.4. The van der Waals surface area contributed by atoms with E-state index in [1.165, 1.54) is 0 Å². The topological polar surface area (TPSA) is 386 Å². The predicted molar refractivity (Wildman–Crippen MR) is 309 cm³/mol. The lowest BCUT2D eigenvalue weighted by atomic mass is 10.1. The van der Waals surface area contributed by atoms with Crippen LogP contribution in [0.5, 0.6) is 0 Å². The largest absolute Gasteiger partial charge is 0.481 e. The zero-order valence-corrected chi connectivity index (χ0v) is 48.9. The van der Waals surface area contributed by atoms with E-state index in [1.54, 1.807) is 43.9 Å². The predicted octanol–water partition coefficient (Wildman–Crippen LogP) is 1.62. The molecule has 11 N–H and O–H groups in total. The van der Waals surface area contributed by atoms with Crippen LogP contribution in [-0.4, -0.2) is 231 Å². The molecule has 27 nitrogen and oxygen atoms in total. The van der Waals surface area contributed by atoms with E-state index in [4.69, 9.17) is 5.11 Å². The molecule has 1 fully saturated rings. The Morgan fingerprint density at radius 1 is 0.458 bits per heavy atom. The van der Waals surface area contributed by atoms with Crippen LogP contribution < -0.4 is 26.6 Å². The van der Waals surface area contributed by atoms with Crippen molar-refractivity contribution in [3.8, 4) is 0 Å². The van der Waals surface area contributed by atoms with Crippen molar-refractivity contribution < 1.29 is 83.4 Å². The maximum Gasteiger partial charge on any atom is 0.326 e. The lowest BCUT2D eigenvalue weighted by molar-refractivity contribution is -0.141. The molecular weight excluding hydrogens is 1200 g/mol. The fourth-order valence-electron chi connectivity index (χ4n) is 8.85. The molecule has 2 atom stereocenters. The van der Waals surface area contributed by atoms with E-state index in [2.05, 4.69) is 49.2 Å². The zero-order chi connectivity index (χ0) is 61.1. The quantitative estimate of drug-likeness (QED) is 0.0338. The number of halogens is 1. The molecule has 0 radical (unpaired) electrons. The smallest absolute Gasteiger partial charge is 0.326 e. The molecular formula is C55H81IN10O17. The molecule has 0 aromatic heterocycles. The SMILES string of the molecule is O=C(O)CC[C@@H](NC(=O)N[C@H](CCCCN(Cc1ccc(I)cc1)C(=O)c1ccc(CNC(=O)CCCCNC(=O)CCCCCCNC(=O)CN2CCN(CC(=O)O)CCN(CC(=O)O)CCN(CC(=O)O)CC2)cc1)C(=O)O)C(=O)O. The summed E-state index contributed by atoms with van der Waals surface area (Å²) in [5.74, 6) is -7.96. The van der Waals surface area contributed by atoms with Crippen LogP contribution in [0.4, 0.5) is 4.79 Å². The Kier molecular flexibility index (Phi) is 33.4. The maximum atomic E-state index is 13.9. The minimum absolute atomic E-state index is 0.0275. The average Bonchev–Trinajstić information content (AvgIpc) is 3.42. The first-order valence-electron chi connectivity index (χ1n) is 27.8. The molecule has 1 aliphatic heterocycles. The van der Waals surface area contributed by atoms with E-state index in [-0.39, 0.29) is 115 Å². The molecule has 460 valence electrons. The minimum Gasteiger partial charge on any atom is -0.481 e. The lowest BCUT2D eigenvalue weighted by Crippen LogP contribution is -2.51. The molecule has 6 amide bonds. The van der Waals surface area contributed by atoms with Crippen LogP contribution in [0.1, 0.15) is 105 Å². The van der Waals surface area contributed by atoms with Crippen LogP contribution in [0, 0.1) is 3.57 Å². The number of amides is 6. The first kappa shape index (κ1) is 70.2. The van der Waals surface area contributed by atoms with Gasteiger partial charge >= 0.3 is 41.8 Å². The van der Waals surface area contributed by atoms with Crippen LogP contribution in [0.15, 0.2) is 48.5 Å². The molecule has 2 aromatic carbocycles. The summed E-state index contributed by atoms with van der Waals surface area (Å²) >= 11 is 2.18. The Balaban J connectivity index is 1.34. The number of hydrogen-bond donors (Lipinski definition) is 11. The fraction of sp³-hybridized carbons (Fsp3) is 0.582. The molecule has 2 aromatic rings. The van der Waals surface area contributed by atoms with Crippen molar-refractivity contribution in [1.29, 1.82) is 0 Å². The first-order valence-corrected chi connectivity index (χ1v) is 28.9. The van der Waals surface area contributed by atoms with Gasteiger partial charge in [0.05, 0.1) is 26.2 Å². The summed E-state index contributed by atoms with van der Waals surface area (Å²) in [7, 11) is 0. The third-order valence-electron chi connectivity index (χ3n) is 13.5. The fourth-order valence-corrected chi connectivity index (χ4v) is 9.21. The number of urea groups is 1. The van der Waals surface area contributed by atoms with E-state index in [1.807, 2.05) is 29.2 Å². The third-order valence-corrected chi connectivity index (χ3v) is 14.2. The van der Waals surface area contributed by atoms with Crippen molar-refractivity contribution in [2.45, 2.75) is 109 Å². The molecule has 1 heterocycles. The summed E-state index contributed by atoms with van der Waals surface area (Å²) in [6.45, 7) is 3.22. The normalized spacial score (nSPS) is 14.6. The van der Waals surface area contributed by atoms with Crippen molar-refractivity contribution in [2.24, 2.45) is 0 Å². The number of carbonyl (C=O) groups excluding carboxylic acids is 5. The number of unbranched alkanes of at least 4 members (excludes halogenated alkanes) is 5. The second-order valence-electron chi connectivity index (χ2n) is 20.3. The molecule has 28 heteroatoms. The van der Waals surface area contributed by atoms with Gasteiger partial charge < -0.3 is 62.1 Å². The van der Waals surface area contributed by atoms with Crippen molar-refractivity contribution in [1.82, 2.24) is 51.1 Å². The van der Waals surface area contributed by atoms with E-state index in [0.29, 0.717) is 83.4 Å². The summed E-state index contributed by atoms with van der Waals surface area (Å²) < 4.78 is 1.01. The van der Waals surface area contributed by atoms with Gasteiger partial charge in [-0.25, -0.2) is 14.4 Å². The monoisotopic (exact) mass is 1280 g/mol. The highest BCUT2D eigenvalue weighted by Crippen LogP contribution is 2.16. The number of carbonyl (C=O) groups is 11. The Morgan fingerprint density at radius 2 is 0.892 bits per heavy atom. The summed E-state index contributed by atoms with van der Waals surface area (Å²) in [6.07, 6.45) is 4.32. The number of carboxylic acid groups (broad SMARTS) is 6. The molecule has 0 unspecified atom stereocenters.